The number of amides is 1. The van der Waals surface area contributed by atoms with E-state index in [2.05, 4.69) is 5.32 Å². The molecule has 1 aromatic heterocycles. The van der Waals surface area contributed by atoms with Crippen molar-refractivity contribution in [3.05, 3.63) is 34.2 Å². The Hall–Kier alpha value is -1.10. The van der Waals surface area contributed by atoms with E-state index in [0.717, 1.165) is 41.1 Å². The molecule has 5 heteroatoms. The van der Waals surface area contributed by atoms with Crippen LogP contribution in [0, 0.1) is 0 Å². The number of carbonyl (C=O) groups is 1. The number of carbonyl (C=O) groups excluding carboxylic acids is 1. The van der Waals surface area contributed by atoms with Gasteiger partial charge in [0.05, 0.1) is 4.88 Å². The molecule has 0 aliphatic carbocycles. The predicted octanol–water partition coefficient (Wildman–Crippen LogP) is 2.60. The molecule has 1 aliphatic rings. The molecule has 1 aromatic carbocycles. The van der Waals surface area contributed by atoms with Crippen LogP contribution in [-0.4, -0.2) is 37.0 Å². The zero-order valence-electron chi connectivity index (χ0n) is 9.78. The SMILES string of the molecule is O=C(c1cc2c(Cl)cccc2s1)N1CCNCC1. The molecule has 1 N–H and O–H groups in total. The Morgan fingerprint density at radius 3 is 2.83 bits per heavy atom. The first kappa shape index (κ1) is 12.0. The van der Waals surface area contributed by atoms with Crippen molar-refractivity contribution < 1.29 is 4.79 Å². The van der Waals surface area contributed by atoms with Crippen molar-refractivity contribution in [1.29, 1.82) is 0 Å². The van der Waals surface area contributed by atoms with E-state index in [9.17, 15) is 4.79 Å². The molecular formula is C13H13ClN2OS. The topological polar surface area (TPSA) is 32.3 Å². The lowest BCUT2D eigenvalue weighted by Gasteiger charge is -2.26. The molecule has 2 aromatic rings. The summed E-state index contributed by atoms with van der Waals surface area (Å²) in [5.41, 5.74) is 0. The third kappa shape index (κ3) is 2.11. The van der Waals surface area contributed by atoms with Crippen LogP contribution in [0.25, 0.3) is 10.1 Å². The minimum Gasteiger partial charge on any atom is -0.335 e. The van der Waals surface area contributed by atoms with Gasteiger partial charge in [-0.15, -0.1) is 11.3 Å². The smallest absolute Gasteiger partial charge is 0.264 e. The summed E-state index contributed by atoms with van der Waals surface area (Å²) in [7, 11) is 0. The third-order valence-electron chi connectivity index (χ3n) is 3.12. The second-order valence-electron chi connectivity index (χ2n) is 4.30. The zero-order valence-corrected chi connectivity index (χ0v) is 11.4. The molecule has 1 fully saturated rings. The van der Waals surface area contributed by atoms with Crippen molar-refractivity contribution >= 4 is 38.9 Å². The Morgan fingerprint density at radius 2 is 2.11 bits per heavy atom. The molecule has 3 nitrogen and oxygen atoms in total. The number of nitrogens with zero attached hydrogens (tertiary/aromatic N) is 1. The van der Waals surface area contributed by atoms with Gasteiger partial charge in [0.1, 0.15) is 0 Å². The summed E-state index contributed by atoms with van der Waals surface area (Å²) < 4.78 is 1.07. The molecule has 1 saturated heterocycles. The molecule has 0 radical (unpaired) electrons. The van der Waals surface area contributed by atoms with Gasteiger partial charge in [-0.25, -0.2) is 0 Å². The summed E-state index contributed by atoms with van der Waals surface area (Å²) in [4.78, 5) is 15.0. The van der Waals surface area contributed by atoms with Crippen molar-refractivity contribution in [2.45, 2.75) is 0 Å². The van der Waals surface area contributed by atoms with Gasteiger partial charge in [0.2, 0.25) is 0 Å². The average molecular weight is 281 g/mol. The average Bonchev–Trinajstić information content (AvgIpc) is 2.84. The Bertz CT molecular complexity index is 590. The van der Waals surface area contributed by atoms with Gasteiger partial charge in [-0.05, 0) is 18.2 Å². The highest BCUT2D eigenvalue weighted by molar-refractivity contribution is 7.20. The van der Waals surface area contributed by atoms with E-state index >= 15 is 0 Å². The number of benzene rings is 1. The lowest BCUT2D eigenvalue weighted by molar-refractivity contribution is 0.0741. The van der Waals surface area contributed by atoms with Gasteiger partial charge < -0.3 is 10.2 Å². The van der Waals surface area contributed by atoms with Crippen LogP contribution in [0.4, 0.5) is 0 Å². The Kier molecular flexibility index (Phi) is 3.24. The summed E-state index contributed by atoms with van der Waals surface area (Å²) in [5, 5.41) is 4.93. The second-order valence-corrected chi connectivity index (χ2v) is 5.80. The first-order chi connectivity index (χ1) is 8.75. The lowest BCUT2D eigenvalue weighted by atomic mass is 10.2. The summed E-state index contributed by atoms with van der Waals surface area (Å²) in [6.07, 6.45) is 0. The molecule has 3 rings (SSSR count). The molecule has 94 valence electrons. The van der Waals surface area contributed by atoms with Crippen LogP contribution in [0.15, 0.2) is 24.3 Å². The van der Waals surface area contributed by atoms with Crippen LogP contribution in [0.3, 0.4) is 0 Å². The number of halogens is 1. The fraction of sp³-hybridized carbons (Fsp3) is 0.308. The number of hydrogen-bond donors (Lipinski definition) is 1. The van der Waals surface area contributed by atoms with E-state index < -0.39 is 0 Å². The minimum atomic E-state index is 0.119. The largest absolute Gasteiger partial charge is 0.335 e. The number of nitrogens with one attached hydrogen (secondary N) is 1. The normalized spacial score (nSPS) is 16.2. The third-order valence-corrected chi connectivity index (χ3v) is 4.54. The van der Waals surface area contributed by atoms with E-state index in [4.69, 9.17) is 11.6 Å². The molecule has 0 spiro atoms. The fourth-order valence-electron chi connectivity index (χ4n) is 2.15. The molecule has 0 unspecified atom stereocenters. The van der Waals surface area contributed by atoms with Crippen molar-refractivity contribution in [1.82, 2.24) is 10.2 Å². The Balaban J connectivity index is 1.94. The Labute approximate surface area is 114 Å². The van der Waals surface area contributed by atoms with Gasteiger partial charge >= 0.3 is 0 Å². The van der Waals surface area contributed by atoms with Gasteiger partial charge in [-0.1, -0.05) is 17.7 Å². The maximum absolute atomic E-state index is 12.3. The van der Waals surface area contributed by atoms with E-state index in [-0.39, 0.29) is 5.91 Å². The van der Waals surface area contributed by atoms with Crippen molar-refractivity contribution in [2.75, 3.05) is 26.2 Å². The molecule has 0 saturated carbocycles. The van der Waals surface area contributed by atoms with E-state index in [1.54, 1.807) is 0 Å². The van der Waals surface area contributed by atoms with Crippen LogP contribution in [0.5, 0.6) is 0 Å². The maximum atomic E-state index is 12.3. The lowest BCUT2D eigenvalue weighted by Crippen LogP contribution is -2.46. The number of piperazine rings is 1. The number of thiophene rings is 1. The molecule has 1 aliphatic heterocycles. The standard InChI is InChI=1S/C13H13ClN2OS/c14-10-2-1-3-11-9(10)8-12(18-11)13(17)16-6-4-15-5-7-16/h1-3,8,15H,4-7H2. The van der Waals surface area contributed by atoms with Gasteiger partial charge in [0, 0.05) is 41.3 Å². The van der Waals surface area contributed by atoms with Crippen LogP contribution in [-0.2, 0) is 0 Å². The van der Waals surface area contributed by atoms with Crippen molar-refractivity contribution in [2.24, 2.45) is 0 Å². The highest BCUT2D eigenvalue weighted by atomic mass is 35.5. The van der Waals surface area contributed by atoms with Crippen molar-refractivity contribution in [3.63, 3.8) is 0 Å². The van der Waals surface area contributed by atoms with E-state index in [1.165, 1.54) is 11.3 Å². The first-order valence-corrected chi connectivity index (χ1v) is 7.13. The Morgan fingerprint density at radius 1 is 1.33 bits per heavy atom. The quantitative estimate of drug-likeness (QED) is 0.871. The number of rotatable bonds is 1. The van der Waals surface area contributed by atoms with Gasteiger partial charge in [-0.3, -0.25) is 4.79 Å². The fourth-order valence-corrected chi connectivity index (χ4v) is 3.50. The van der Waals surface area contributed by atoms with Crippen LogP contribution in [0.1, 0.15) is 9.67 Å². The van der Waals surface area contributed by atoms with Gasteiger partial charge in [0.15, 0.2) is 0 Å². The molecule has 0 bridgehead atoms. The zero-order chi connectivity index (χ0) is 12.5. The maximum Gasteiger partial charge on any atom is 0.264 e. The van der Waals surface area contributed by atoms with Crippen LogP contribution in [0.2, 0.25) is 5.02 Å². The molecule has 1 amide bonds. The summed E-state index contributed by atoms with van der Waals surface area (Å²) in [6, 6.07) is 7.68. The predicted molar refractivity (Wildman–Crippen MR) is 75.6 cm³/mol. The van der Waals surface area contributed by atoms with Gasteiger partial charge in [-0.2, -0.15) is 0 Å². The molecule has 2 heterocycles. The molecule has 18 heavy (non-hydrogen) atoms. The highest BCUT2D eigenvalue weighted by Crippen LogP contribution is 2.31. The summed E-state index contributed by atoms with van der Waals surface area (Å²) in [6.45, 7) is 3.30. The van der Waals surface area contributed by atoms with Gasteiger partial charge in [0.25, 0.3) is 5.91 Å². The second kappa shape index (κ2) is 4.88. The monoisotopic (exact) mass is 280 g/mol. The molecule has 0 atom stereocenters. The first-order valence-electron chi connectivity index (χ1n) is 5.94. The van der Waals surface area contributed by atoms with Crippen molar-refractivity contribution in [3.8, 4) is 0 Å². The highest BCUT2D eigenvalue weighted by Gasteiger charge is 2.20. The van der Waals surface area contributed by atoms with E-state index in [1.807, 2.05) is 29.2 Å². The van der Waals surface area contributed by atoms with E-state index in [0.29, 0.717) is 5.02 Å². The molecular weight excluding hydrogens is 268 g/mol. The summed E-state index contributed by atoms with van der Waals surface area (Å²) in [5.74, 6) is 0.119. The van der Waals surface area contributed by atoms with Crippen LogP contribution < -0.4 is 5.32 Å². The number of fused-ring (bicyclic) bond motifs is 1. The summed E-state index contributed by atoms with van der Waals surface area (Å²) >= 11 is 7.65. The minimum absolute atomic E-state index is 0.119. The number of hydrogen-bond acceptors (Lipinski definition) is 3. The van der Waals surface area contributed by atoms with Crippen LogP contribution >= 0.6 is 22.9 Å².